The first kappa shape index (κ1) is 15.4. The van der Waals surface area contributed by atoms with Gasteiger partial charge in [0.05, 0.1) is 0 Å². The Hall–Kier alpha value is -2.98. The number of hydrogen-bond donors (Lipinski definition) is 1. The molecule has 1 N–H and O–H groups in total. The standard InChI is InChI=1S/C16H15N3O3/c17-19-18-15(16(20)21)8-4-7-13-9-10-14(22-13)11-12-5-2-1-3-6-12/h1-3,5-6,8-10H,4,7,11H2,(H,20,21). The highest BCUT2D eigenvalue weighted by molar-refractivity contribution is 5.85. The Labute approximate surface area is 127 Å². The van der Waals surface area contributed by atoms with Gasteiger partial charge in [-0.25, -0.2) is 4.79 Å². The number of furan rings is 1. The van der Waals surface area contributed by atoms with Gasteiger partial charge in [-0.2, -0.15) is 0 Å². The number of azide groups is 1. The number of allylic oxidation sites excluding steroid dienone is 1. The van der Waals surface area contributed by atoms with Crippen LogP contribution in [0.5, 0.6) is 0 Å². The van der Waals surface area contributed by atoms with Crippen molar-refractivity contribution in [2.24, 2.45) is 5.11 Å². The van der Waals surface area contributed by atoms with E-state index in [1.165, 1.54) is 11.6 Å². The molecule has 2 rings (SSSR count). The minimum atomic E-state index is -1.23. The van der Waals surface area contributed by atoms with Crippen molar-refractivity contribution in [2.75, 3.05) is 0 Å². The van der Waals surface area contributed by atoms with Crippen LogP contribution in [0, 0.1) is 0 Å². The van der Waals surface area contributed by atoms with Gasteiger partial charge in [0, 0.05) is 17.8 Å². The van der Waals surface area contributed by atoms with Crippen molar-refractivity contribution in [1.29, 1.82) is 0 Å². The van der Waals surface area contributed by atoms with Crippen LogP contribution in [0.3, 0.4) is 0 Å². The van der Waals surface area contributed by atoms with Gasteiger partial charge in [-0.15, -0.1) is 0 Å². The molecule has 0 fully saturated rings. The summed E-state index contributed by atoms with van der Waals surface area (Å²) in [6.07, 6.45) is 3.09. The Morgan fingerprint density at radius 3 is 2.64 bits per heavy atom. The molecule has 0 radical (unpaired) electrons. The molecule has 1 heterocycles. The Kier molecular flexibility index (Phi) is 5.40. The van der Waals surface area contributed by atoms with Crippen molar-refractivity contribution >= 4 is 5.97 Å². The van der Waals surface area contributed by atoms with Crippen molar-refractivity contribution in [3.63, 3.8) is 0 Å². The Balaban J connectivity index is 1.93. The summed E-state index contributed by atoms with van der Waals surface area (Å²) in [7, 11) is 0. The molecule has 22 heavy (non-hydrogen) atoms. The number of aryl methyl sites for hydroxylation is 1. The molecule has 0 amide bonds. The number of carboxylic acid groups (broad SMARTS) is 1. The van der Waals surface area contributed by atoms with E-state index in [2.05, 4.69) is 10.0 Å². The van der Waals surface area contributed by atoms with Crippen molar-refractivity contribution in [3.8, 4) is 0 Å². The van der Waals surface area contributed by atoms with Crippen LogP contribution in [-0.4, -0.2) is 11.1 Å². The predicted molar refractivity (Wildman–Crippen MR) is 81.1 cm³/mol. The van der Waals surface area contributed by atoms with Crippen LogP contribution in [0.4, 0.5) is 0 Å². The highest BCUT2D eigenvalue weighted by atomic mass is 16.4. The normalized spacial score (nSPS) is 11.0. The van der Waals surface area contributed by atoms with E-state index < -0.39 is 5.97 Å². The molecular formula is C16H15N3O3. The quantitative estimate of drug-likeness (QED) is 0.360. The summed E-state index contributed by atoms with van der Waals surface area (Å²) in [5, 5.41) is 11.9. The maximum atomic E-state index is 10.8. The average molecular weight is 297 g/mol. The van der Waals surface area contributed by atoms with Crippen LogP contribution in [0.15, 0.2) is 63.8 Å². The maximum Gasteiger partial charge on any atom is 0.337 e. The van der Waals surface area contributed by atoms with Crippen molar-refractivity contribution in [1.82, 2.24) is 0 Å². The third kappa shape index (κ3) is 4.54. The first-order valence-electron chi connectivity index (χ1n) is 6.79. The topological polar surface area (TPSA) is 99.2 Å². The molecule has 1 aromatic heterocycles. The second-order valence-electron chi connectivity index (χ2n) is 4.65. The second-order valence-corrected chi connectivity index (χ2v) is 4.65. The van der Waals surface area contributed by atoms with E-state index in [0.29, 0.717) is 12.8 Å². The van der Waals surface area contributed by atoms with E-state index in [1.807, 2.05) is 42.5 Å². The molecule has 0 atom stereocenters. The van der Waals surface area contributed by atoms with E-state index in [0.717, 1.165) is 17.9 Å². The van der Waals surface area contributed by atoms with E-state index in [-0.39, 0.29) is 5.70 Å². The summed E-state index contributed by atoms with van der Waals surface area (Å²) >= 11 is 0. The first-order chi connectivity index (χ1) is 10.7. The summed E-state index contributed by atoms with van der Waals surface area (Å²) < 4.78 is 5.71. The fourth-order valence-electron chi connectivity index (χ4n) is 2.02. The van der Waals surface area contributed by atoms with Crippen LogP contribution in [0.1, 0.15) is 23.5 Å². The van der Waals surface area contributed by atoms with Crippen molar-refractivity contribution in [2.45, 2.75) is 19.3 Å². The molecule has 0 bridgehead atoms. The summed E-state index contributed by atoms with van der Waals surface area (Å²) in [5.41, 5.74) is 9.15. The minimum Gasteiger partial charge on any atom is -0.478 e. The molecule has 0 aliphatic rings. The van der Waals surface area contributed by atoms with Crippen molar-refractivity contribution in [3.05, 3.63) is 81.8 Å². The summed E-state index contributed by atoms with van der Waals surface area (Å²) in [6, 6.07) is 13.8. The third-order valence-corrected chi connectivity index (χ3v) is 3.04. The van der Waals surface area contributed by atoms with Gasteiger partial charge in [0.15, 0.2) is 0 Å². The SMILES string of the molecule is [N-]=[N+]=NC(=CCCc1ccc(Cc2ccccc2)o1)C(=O)O. The third-order valence-electron chi connectivity index (χ3n) is 3.04. The van der Waals surface area contributed by atoms with Crippen LogP contribution in [0.25, 0.3) is 10.4 Å². The zero-order valence-corrected chi connectivity index (χ0v) is 11.8. The van der Waals surface area contributed by atoms with Crippen LogP contribution < -0.4 is 0 Å². The number of benzene rings is 1. The zero-order chi connectivity index (χ0) is 15.8. The molecule has 0 aliphatic carbocycles. The lowest BCUT2D eigenvalue weighted by molar-refractivity contribution is -0.132. The zero-order valence-electron chi connectivity index (χ0n) is 11.8. The maximum absolute atomic E-state index is 10.8. The van der Waals surface area contributed by atoms with Crippen LogP contribution in [-0.2, 0) is 17.6 Å². The fourth-order valence-corrected chi connectivity index (χ4v) is 2.02. The van der Waals surface area contributed by atoms with E-state index in [9.17, 15) is 4.79 Å². The molecule has 0 saturated carbocycles. The van der Waals surface area contributed by atoms with Crippen LogP contribution in [0.2, 0.25) is 0 Å². The van der Waals surface area contributed by atoms with Crippen molar-refractivity contribution < 1.29 is 14.3 Å². The molecule has 0 saturated heterocycles. The molecule has 1 aromatic carbocycles. The van der Waals surface area contributed by atoms with Gasteiger partial charge in [0.1, 0.15) is 17.2 Å². The van der Waals surface area contributed by atoms with Gasteiger partial charge < -0.3 is 9.52 Å². The number of carboxylic acids is 1. The monoisotopic (exact) mass is 297 g/mol. The van der Waals surface area contributed by atoms with E-state index in [1.54, 1.807) is 0 Å². The molecule has 6 nitrogen and oxygen atoms in total. The highest BCUT2D eigenvalue weighted by Gasteiger charge is 2.05. The molecule has 2 aromatic rings. The summed E-state index contributed by atoms with van der Waals surface area (Å²) in [5.74, 6) is 0.397. The molecule has 112 valence electrons. The first-order valence-corrected chi connectivity index (χ1v) is 6.79. The lowest BCUT2D eigenvalue weighted by Crippen LogP contribution is -1.97. The van der Waals surface area contributed by atoms with Crippen LogP contribution >= 0.6 is 0 Å². The number of nitrogens with zero attached hydrogens (tertiary/aromatic N) is 3. The Morgan fingerprint density at radius 1 is 1.23 bits per heavy atom. The largest absolute Gasteiger partial charge is 0.478 e. The summed E-state index contributed by atoms with van der Waals surface area (Å²) in [4.78, 5) is 13.3. The second kappa shape index (κ2) is 7.71. The van der Waals surface area contributed by atoms with Gasteiger partial charge in [0.2, 0.25) is 0 Å². The smallest absolute Gasteiger partial charge is 0.337 e. The van der Waals surface area contributed by atoms with E-state index in [4.69, 9.17) is 15.1 Å². The minimum absolute atomic E-state index is 0.293. The molecular weight excluding hydrogens is 282 g/mol. The molecule has 0 aliphatic heterocycles. The van der Waals surface area contributed by atoms with Gasteiger partial charge in [-0.1, -0.05) is 41.5 Å². The fraction of sp³-hybridized carbons (Fsp3) is 0.188. The number of hydrogen-bond acceptors (Lipinski definition) is 3. The average Bonchev–Trinajstić information content (AvgIpc) is 2.94. The molecule has 0 spiro atoms. The lowest BCUT2D eigenvalue weighted by atomic mass is 10.1. The van der Waals surface area contributed by atoms with Gasteiger partial charge >= 0.3 is 5.97 Å². The predicted octanol–water partition coefficient (Wildman–Crippen LogP) is 4.08. The number of aliphatic carboxylic acids is 1. The number of rotatable bonds is 7. The summed E-state index contributed by atoms with van der Waals surface area (Å²) in [6.45, 7) is 0. The Morgan fingerprint density at radius 2 is 1.95 bits per heavy atom. The Bertz CT molecular complexity index is 709. The molecule has 6 heteroatoms. The molecule has 0 unspecified atom stereocenters. The lowest BCUT2D eigenvalue weighted by Gasteiger charge is -1.98. The highest BCUT2D eigenvalue weighted by Crippen LogP contribution is 2.15. The van der Waals surface area contributed by atoms with E-state index >= 15 is 0 Å². The van der Waals surface area contributed by atoms with Gasteiger partial charge in [-0.3, -0.25) is 0 Å². The van der Waals surface area contributed by atoms with Gasteiger partial charge in [0.25, 0.3) is 0 Å². The number of carbonyl (C=O) groups is 1. The van der Waals surface area contributed by atoms with Gasteiger partial charge in [-0.05, 0) is 29.6 Å².